The number of nitrogens with zero attached hydrogens (tertiary/aromatic N) is 1. The van der Waals surface area contributed by atoms with Crippen LogP contribution in [0.5, 0.6) is 0 Å². The molecule has 1 aliphatic heterocycles. The quantitative estimate of drug-likeness (QED) is 0.553. The molecule has 4 heteroatoms. The van der Waals surface area contributed by atoms with Crippen molar-refractivity contribution in [1.82, 2.24) is 0 Å². The average Bonchev–Trinajstić information content (AvgIpc) is 2.12. The Morgan fingerprint density at radius 2 is 2.62 bits per heavy atom. The number of carboxylic acids is 1. The maximum atomic E-state index is 10.1. The number of hydrogen-bond acceptors (Lipinski definition) is 3. The summed E-state index contributed by atoms with van der Waals surface area (Å²) in [5.41, 5.74) is 0.301. The van der Waals surface area contributed by atoms with Gasteiger partial charge in [-0.05, 0) is 0 Å². The summed E-state index contributed by atoms with van der Waals surface area (Å²) in [4.78, 5) is 13.8. The van der Waals surface area contributed by atoms with Gasteiger partial charge in [0, 0.05) is 5.75 Å². The molecule has 44 valence electrons. The van der Waals surface area contributed by atoms with Crippen LogP contribution in [0.2, 0.25) is 0 Å². The van der Waals surface area contributed by atoms with Gasteiger partial charge >= 0.3 is 5.97 Å². The van der Waals surface area contributed by atoms with E-state index in [2.05, 4.69) is 4.99 Å². The van der Waals surface area contributed by atoms with Gasteiger partial charge in [-0.25, -0.2) is 4.79 Å². The summed E-state index contributed by atoms with van der Waals surface area (Å²) in [5, 5.41) is 8.27. The fourth-order valence-electron chi connectivity index (χ4n) is 0.441. The number of carboxylic acid groups (broad SMARTS) is 1. The molecule has 8 heavy (non-hydrogen) atoms. The van der Waals surface area contributed by atoms with Crippen LogP contribution in [0.3, 0.4) is 0 Å². The Labute approximate surface area is 50.8 Å². The smallest absolute Gasteiger partial charge is 0.350 e. The number of aliphatic carboxylic acids is 1. The third kappa shape index (κ3) is 1.01. The van der Waals surface area contributed by atoms with Crippen molar-refractivity contribution in [2.75, 3.05) is 11.6 Å². The van der Waals surface area contributed by atoms with Crippen molar-refractivity contribution in [3.8, 4) is 0 Å². The van der Waals surface area contributed by atoms with Gasteiger partial charge in [0.15, 0.2) is 0 Å². The topological polar surface area (TPSA) is 49.7 Å². The molecule has 0 saturated carbocycles. The summed E-state index contributed by atoms with van der Waals surface area (Å²) in [6.45, 7) is 0. The molecule has 1 N–H and O–H groups in total. The van der Waals surface area contributed by atoms with E-state index in [9.17, 15) is 4.79 Å². The molecule has 0 fully saturated rings. The van der Waals surface area contributed by atoms with Gasteiger partial charge in [0.25, 0.3) is 0 Å². The molecule has 3 nitrogen and oxygen atoms in total. The van der Waals surface area contributed by atoms with Crippen molar-refractivity contribution in [3.63, 3.8) is 0 Å². The Bertz CT molecular complexity index is 143. The minimum Gasteiger partial charge on any atom is -0.477 e. The predicted molar refractivity (Wildman–Crippen MR) is 32.4 cm³/mol. The van der Waals surface area contributed by atoms with E-state index < -0.39 is 5.97 Å². The monoisotopic (exact) mass is 131 g/mol. The van der Waals surface area contributed by atoms with Gasteiger partial charge in [0.1, 0.15) is 5.71 Å². The first-order valence-corrected chi connectivity index (χ1v) is 3.30. The maximum absolute atomic E-state index is 10.1. The van der Waals surface area contributed by atoms with Gasteiger partial charge in [-0.3, -0.25) is 4.99 Å². The van der Waals surface area contributed by atoms with Gasteiger partial charge in [0.05, 0.1) is 5.88 Å². The zero-order valence-electron chi connectivity index (χ0n) is 4.13. The van der Waals surface area contributed by atoms with Gasteiger partial charge in [0.2, 0.25) is 0 Å². The number of rotatable bonds is 1. The molecule has 0 bridgehead atoms. The highest BCUT2D eigenvalue weighted by Crippen LogP contribution is 2.08. The third-order valence-electron chi connectivity index (χ3n) is 0.832. The standard InChI is InChI=1S/C4H5NO2S/c6-4(7)3-1-8-2-5-3/h1-2H2,(H,6,7). The fraction of sp³-hybridized carbons (Fsp3) is 0.500. The lowest BCUT2D eigenvalue weighted by atomic mass is 10.4. The van der Waals surface area contributed by atoms with Gasteiger partial charge in [-0.2, -0.15) is 0 Å². The SMILES string of the molecule is O=C(O)C1=NCSC1. The molecular formula is C4H5NO2S. The molecule has 0 spiro atoms. The van der Waals surface area contributed by atoms with Crippen LogP contribution in [-0.4, -0.2) is 28.4 Å². The summed E-state index contributed by atoms with van der Waals surface area (Å²) in [7, 11) is 0. The zero-order valence-corrected chi connectivity index (χ0v) is 4.94. The van der Waals surface area contributed by atoms with Crippen LogP contribution < -0.4 is 0 Å². The van der Waals surface area contributed by atoms with Gasteiger partial charge in [-0.1, -0.05) is 0 Å². The molecule has 0 aromatic carbocycles. The molecule has 1 aliphatic rings. The van der Waals surface area contributed by atoms with Crippen LogP contribution in [0, 0.1) is 0 Å². The third-order valence-corrected chi connectivity index (χ3v) is 1.62. The second-order valence-electron chi connectivity index (χ2n) is 1.39. The van der Waals surface area contributed by atoms with Crippen molar-refractivity contribution in [3.05, 3.63) is 0 Å². The highest BCUT2D eigenvalue weighted by molar-refractivity contribution is 8.00. The molecule has 0 aliphatic carbocycles. The molecule has 0 unspecified atom stereocenters. The number of carbonyl (C=O) groups is 1. The summed E-state index contributed by atoms with van der Waals surface area (Å²) in [6, 6.07) is 0. The molecule has 0 amide bonds. The van der Waals surface area contributed by atoms with Crippen LogP contribution in [-0.2, 0) is 4.79 Å². The number of aliphatic imine (C=N–C) groups is 1. The van der Waals surface area contributed by atoms with Crippen LogP contribution in [0.4, 0.5) is 0 Å². The van der Waals surface area contributed by atoms with E-state index in [0.29, 0.717) is 17.3 Å². The average molecular weight is 131 g/mol. The Morgan fingerprint density at radius 1 is 1.88 bits per heavy atom. The van der Waals surface area contributed by atoms with E-state index in [0.717, 1.165) is 0 Å². The van der Waals surface area contributed by atoms with Gasteiger partial charge < -0.3 is 5.11 Å². The van der Waals surface area contributed by atoms with E-state index in [-0.39, 0.29) is 0 Å². The van der Waals surface area contributed by atoms with Crippen LogP contribution in [0.25, 0.3) is 0 Å². The predicted octanol–water partition coefficient (Wildman–Crippen LogP) is 0.216. The molecular weight excluding hydrogens is 126 g/mol. The molecule has 0 aromatic heterocycles. The summed E-state index contributed by atoms with van der Waals surface area (Å²) < 4.78 is 0. The Morgan fingerprint density at radius 3 is 2.88 bits per heavy atom. The molecule has 1 heterocycles. The van der Waals surface area contributed by atoms with Crippen molar-refractivity contribution in [2.24, 2.45) is 4.99 Å². The lowest BCUT2D eigenvalue weighted by Crippen LogP contribution is -2.11. The molecule has 0 saturated heterocycles. The highest BCUT2D eigenvalue weighted by Gasteiger charge is 2.12. The fourth-order valence-corrected chi connectivity index (χ4v) is 1.19. The number of thioether (sulfide) groups is 1. The minimum atomic E-state index is -0.880. The summed E-state index contributed by atoms with van der Waals surface area (Å²) >= 11 is 1.53. The molecule has 0 radical (unpaired) electrons. The largest absolute Gasteiger partial charge is 0.477 e. The van der Waals surface area contributed by atoms with Gasteiger partial charge in [-0.15, -0.1) is 11.8 Å². The second kappa shape index (κ2) is 2.17. The highest BCUT2D eigenvalue weighted by atomic mass is 32.2. The molecule has 1 rings (SSSR count). The molecule has 0 aromatic rings. The number of hydrogen-bond donors (Lipinski definition) is 1. The Balaban J connectivity index is 2.57. The van der Waals surface area contributed by atoms with E-state index in [1.807, 2.05) is 0 Å². The van der Waals surface area contributed by atoms with Crippen LogP contribution in [0.15, 0.2) is 4.99 Å². The van der Waals surface area contributed by atoms with E-state index in [1.54, 1.807) is 0 Å². The van der Waals surface area contributed by atoms with Crippen molar-refractivity contribution in [1.29, 1.82) is 0 Å². The maximum Gasteiger partial charge on any atom is 0.350 e. The van der Waals surface area contributed by atoms with E-state index in [4.69, 9.17) is 5.11 Å². The lowest BCUT2D eigenvalue weighted by Gasteiger charge is -1.84. The van der Waals surface area contributed by atoms with Crippen LogP contribution >= 0.6 is 11.8 Å². The lowest BCUT2D eigenvalue weighted by molar-refractivity contribution is -0.129. The van der Waals surface area contributed by atoms with Crippen molar-refractivity contribution >= 4 is 23.4 Å². The Hall–Kier alpha value is -0.510. The first-order valence-electron chi connectivity index (χ1n) is 2.15. The normalized spacial score (nSPS) is 18.2. The Kier molecular flexibility index (Phi) is 1.53. The van der Waals surface area contributed by atoms with E-state index >= 15 is 0 Å². The van der Waals surface area contributed by atoms with Crippen molar-refractivity contribution < 1.29 is 9.90 Å². The zero-order chi connectivity index (χ0) is 5.98. The summed E-state index contributed by atoms with van der Waals surface area (Å²) in [5.74, 6) is 0.298. The minimum absolute atomic E-state index is 0.301. The van der Waals surface area contributed by atoms with E-state index in [1.165, 1.54) is 11.8 Å². The van der Waals surface area contributed by atoms with Crippen LogP contribution in [0.1, 0.15) is 0 Å². The first-order chi connectivity index (χ1) is 3.80. The van der Waals surface area contributed by atoms with Crippen molar-refractivity contribution in [2.45, 2.75) is 0 Å². The second-order valence-corrected chi connectivity index (χ2v) is 2.34. The molecule has 0 atom stereocenters. The summed E-state index contributed by atoms with van der Waals surface area (Å²) in [6.07, 6.45) is 0. The first kappa shape index (κ1) is 5.62.